The van der Waals surface area contributed by atoms with Gasteiger partial charge in [0.05, 0.1) is 4.92 Å². The molecule has 0 saturated heterocycles. The molecular formula is C16H11N2O5-. The number of furan rings is 1. The number of non-ortho nitro benzene ring substituents is 1. The number of para-hydroxylation sites is 1. The van der Waals surface area contributed by atoms with Crippen molar-refractivity contribution < 1.29 is 19.2 Å². The van der Waals surface area contributed by atoms with Crippen LogP contribution in [-0.2, 0) is 6.54 Å². The Labute approximate surface area is 130 Å². The highest BCUT2D eigenvalue weighted by Gasteiger charge is 2.13. The lowest BCUT2D eigenvalue weighted by Gasteiger charge is -2.13. The average molecular weight is 311 g/mol. The molecule has 0 aliphatic carbocycles. The van der Waals surface area contributed by atoms with Crippen molar-refractivity contribution in [2.24, 2.45) is 0 Å². The quantitative estimate of drug-likeness (QED) is 0.587. The van der Waals surface area contributed by atoms with Crippen LogP contribution >= 0.6 is 0 Å². The van der Waals surface area contributed by atoms with Gasteiger partial charge in [0.1, 0.15) is 5.58 Å². The van der Waals surface area contributed by atoms with Crippen LogP contribution in [0.4, 0.5) is 5.69 Å². The maximum absolute atomic E-state index is 12.1. The molecule has 0 saturated carbocycles. The van der Waals surface area contributed by atoms with Gasteiger partial charge in [0.15, 0.2) is 5.76 Å². The molecule has 116 valence electrons. The third kappa shape index (κ3) is 2.98. The summed E-state index contributed by atoms with van der Waals surface area (Å²) in [7, 11) is 0. The molecule has 1 N–H and O–H groups in total. The number of carbonyl (C=O) groups excluding carboxylic acids is 1. The van der Waals surface area contributed by atoms with Crippen LogP contribution in [0, 0.1) is 10.1 Å². The molecule has 7 nitrogen and oxygen atoms in total. The Morgan fingerprint density at radius 2 is 1.96 bits per heavy atom. The SMILES string of the molecule is O=C(NCc1cc([N+](=O)[O-])ccc1[O-])c1cc2ccccc2o1. The molecule has 3 aromatic rings. The number of hydrogen-bond donors (Lipinski definition) is 1. The maximum atomic E-state index is 12.1. The normalized spacial score (nSPS) is 10.6. The summed E-state index contributed by atoms with van der Waals surface area (Å²) in [6.45, 7) is -0.115. The van der Waals surface area contributed by atoms with Crippen LogP contribution in [0.5, 0.6) is 5.75 Å². The van der Waals surface area contributed by atoms with Gasteiger partial charge in [-0.05, 0) is 17.7 Å². The van der Waals surface area contributed by atoms with E-state index >= 15 is 0 Å². The molecule has 2 aromatic carbocycles. The van der Waals surface area contributed by atoms with E-state index in [2.05, 4.69) is 5.32 Å². The van der Waals surface area contributed by atoms with Crippen LogP contribution in [0.2, 0.25) is 0 Å². The summed E-state index contributed by atoms with van der Waals surface area (Å²) in [4.78, 5) is 22.2. The van der Waals surface area contributed by atoms with E-state index in [0.717, 1.165) is 23.6 Å². The second-order valence-electron chi connectivity index (χ2n) is 4.88. The van der Waals surface area contributed by atoms with E-state index in [1.165, 1.54) is 0 Å². The molecule has 0 aliphatic rings. The van der Waals surface area contributed by atoms with Crippen LogP contribution in [-0.4, -0.2) is 10.8 Å². The minimum absolute atomic E-state index is 0.115. The fourth-order valence-electron chi connectivity index (χ4n) is 2.17. The molecule has 1 amide bonds. The summed E-state index contributed by atoms with van der Waals surface area (Å²) < 4.78 is 5.41. The number of nitrogens with zero attached hydrogens (tertiary/aromatic N) is 1. The van der Waals surface area contributed by atoms with Gasteiger partial charge < -0.3 is 14.8 Å². The molecule has 7 heteroatoms. The highest BCUT2D eigenvalue weighted by atomic mass is 16.6. The zero-order valence-corrected chi connectivity index (χ0v) is 11.8. The molecule has 0 aliphatic heterocycles. The number of amides is 1. The highest BCUT2D eigenvalue weighted by Crippen LogP contribution is 2.21. The Morgan fingerprint density at radius 1 is 1.17 bits per heavy atom. The predicted molar refractivity (Wildman–Crippen MR) is 79.9 cm³/mol. The molecule has 0 fully saturated rings. The third-order valence-corrected chi connectivity index (χ3v) is 3.34. The van der Waals surface area contributed by atoms with E-state index in [0.29, 0.717) is 5.58 Å². The van der Waals surface area contributed by atoms with Gasteiger partial charge in [0, 0.05) is 24.1 Å². The molecule has 0 bridgehead atoms. The number of rotatable bonds is 4. The number of fused-ring (bicyclic) bond motifs is 1. The van der Waals surface area contributed by atoms with Crippen molar-refractivity contribution in [2.45, 2.75) is 6.54 Å². The van der Waals surface area contributed by atoms with Crippen molar-refractivity contribution in [2.75, 3.05) is 0 Å². The fourth-order valence-corrected chi connectivity index (χ4v) is 2.17. The van der Waals surface area contributed by atoms with E-state index in [-0.39, 0.29) is 29.3 Å². The monoisotopic (exact) mass is 311 g/mol. The van der Waals surface area contributed by atoms with Crippen molar-refractivity contribution >= 4 is 22.6 Å². The lowest BCUT2D eigenvalue weighted by Crippen LogP contribution is -2.22. The van der Waals surface area contributed by atoms with Gasteiger partial charge in [0.2, 0.25) is 0 Å². The van der Waals surface area contributed by atoms with Crippen molar-refractivity contribution in [1.82, 2.24) is 5.32 Å². The van der Waals surface area contributed by atoms with Gasteiger partial charge in [-0.15, -0.1) is 5.75 Å². The Bertz CT molecular complexity index is 867. The summed E-state index contributed by atoms with van der Waals surface area (Å²) in [5.41, 5.74) is 0.527. The van der Waals surface area contributed by atoms with E-state index < -0.39 is 10.8 Å². The first-order valence-electron chi connectivity index (χ1n) is 6.76. The average Bonchev–Trinajstić information content (AvgIpc) is 2.97. The van der Waals surface area contributed by atoms with Crippen LogP contribution in [0.1, 0.15) is 16.1 Å². The third-order valence-electron chi connectivity index (χ3n) is 3.34. The molecule has 1 heterocycles. The van der Waals surface area contributed by atoms with Crippen LogP contribution in [0.3, 0.4) is 0 Å². The standard InChI is InChI=1S/C16H12N2O5/c19-13-6-5-12(18(21)22)7-11(13)9-17-16(20)15-8-10-3-1-2-4-14(10)23-15/h1-8,19H,9H2,(H,17,20)/p-1. The van der Waals surface area contributed by atoms with Crippen LogP contribution in [0.25, 0.3) is 11.0 Å². The molecular weight excluding hydrogens is 300 g/mol. The number of nitrogens with one attached hydrogen (secondary N) is 1. The Morgan fingerprint density at radius 3 is 2.70 bits per heavy atom. The van der Waals surface area contributed by atoms with Crippen molar-refractivity contribution in [3.05, 3.63) is 70.0 Å². The summed E-state index contributed by atoms with van der Waals surface area (Å²) in [6.07, 6.45) is 0. The molecule has 23 heavy (non-hydrogen) atoms. The van der Waals surface area contributed by atoms with Crippen molar-refractivity contribution in [3.8, 4) is 5.75 Å². The van der Waals surface area contributed by atoms with Gasteiger partial charge in [0.25, 0.3) is 11.6 Å². The first-order chi connectivity index (χ1) is 11.0. The summed E-state index contributed by atoms with van der Waals surface area (Å²) in [5.74, 6) is -0.753. The van der Waals surface area contributed by atoms with Gasteiger partial charge in [-0.2, -0.15) is 0 Å². The predicted octanol–water partition coefficient (Wildman–Crippen LogP) is 2.34. The van der Waals surface area contributed by atoms with E-state index in [1.54, 1.807) is 18.2 Å². The Kier molecular flexibility index (Phi) is 3.68. The van der Waals surface area contributed by atoms with E-state index in [1.807, 2.05) is 12.1 Å². The van der Waals surface area contributed by atoms with Gasteiger partial charge in [-0.3, -0.25) is 14.9 Å². The van der Waals surface area contributed by atoms with Gasteiger partial charge >= 0.3 is 0 Å². The topological polar surface area (TPSA) is 108 Å². The second kappa shape index (κ2) is 5.80. The smallest absolute Gasteiger partial charge is 0.287 e. The summed E-state index contributed by atoms with van der Waals surface area (Å²) >= 11 is 0. The second-order valence-corrected chi connectivity index (χ2v) is 4.88. The number of benzene rings is 2. The fraction of sp³-hybridized carbons (Fsp3) is 0.0625. The Balaban J connectivity index is 1.76. The first kappa shape index (κ1) is 14.6. The zero-order chi connectivity index (χ0) is 16.4. The highest BCUT2D eigenvalue weighted by molar-refractivity contribution is 5.96. The molecule has 3 rings (SSSR count). The van der Waals surface area contributed by atoms with E-state index in [9.17, 15) is 20.0 Å². The maximum Gasteiger partial charge on any atom is 0.287 e. The first-order valence-corrected chi connectivity index (χ1v) is 6.76. The Hall–Kier alpha value is -3.35. The lowest BCUT2D eigenvalue weighted by atomic mass is 10.1. The molecule has 0 radical (unpaired) electrons. The minimum Gasteiger partial charge on any atom is -0.872 e. The largest absolute Gasteiger partial charge is 0.872 e. The number of carbonyl (C=O) groups is 1. The molecule has 0 atom stereocenters. The van der Waals surface area contributed by atoms with Crippen LogP contribution < -0.4 is 10.4 Å². The van der Waals surface area contributed by atoms with Gasteiger partial charge in [-0.1, -0.05) is 24.3 Å². The minimum atomic E-state index is -0.593. The number of hydrogen-bond acceptors (Lipinski definition) is 5. The molecule has 1 aromatic heterocycles. The lowest BCUT2D eigenvalue weighted by molar-refractivity contribution is -0.385. The van der Waals surface area contributed by atoms with Gasteiger partial charge in [-0.25, -0.2) is 0 Å². The van der Waals surface area contributed by atoms with E-state index in [4.69, 9.17) is 4.42 Å². The van der Waals surface area contributed by atoms with Crippen molar-refractivity contribution in [3.63, 3.8) is 0 Å². The van der Waals surface area contributed by atoms with Crippen molar-refractivity contribution in [1.29, 1.82) is 0 Å². The molecule has 0 unspecified atom stereocenters. The summed E-state index contributed by atoms with van der Waals surface area (Å²) in [6, 6.07) is 12.2. The van der Waals surface area contributed by atoms with Crippen LogP contribution in [0.15, 0.2) is 52.9 Å². The molecule has 0 spiro atoms. The summed E-state index contributed by atoms with van der Waals surface area (Å²) in [5, 5.41) is 25.7. The number of nitro benzene ring substituents is 1. The number of nitro groups is 1. The zero-order valence-electron chi connectivity index (χ0n) is 11.8.